The molecule has 0 aromatic rings. The molecule has 3 heteroatoms. The van der Waals surface area contributed by atoms with Crippen LogP contribution in [0.2, 0.25) is 0 Å². The van der Waals surface area contributed by atoms with Gasteiger partial charge in [-0.1, -0.05) is 13.2 Å². The standard InChI is InChI=1S/C9H15NOS/c1-7(9-3-4-9)8(2)12-10-5-6-11/h9-11H,1-6H2. The molecule has 0 amide bonds. The highest BCUT2D eigenvalue weighted by atomic mass is 32.2. The molecule has 2 N–H and O–H groups in total. The fraction of sp³-hybridized carbons (Fsp3) is 0.556. The fourth-order valence-electron chi connectivity index (χ4n) is 0.909. The van der Waals surface area contributed by atoms with Crippen LogP contribution in [0.25, 0.3) is 0 Å². The summed E-state index contributed by atoms with van der Waals surface area (Å²) in [5.41, 5.74) is 1.16. The van der Waals surface area contributed by atoms with E-state index in [0.717, 1.165) is 10.5 Å². The third kappa shape index (κ3) is 3.01. The van der Waals surface area contributed by atoms with Crippen LogP contribution in [0.1, 0.15) is 12.8 Å². The topological polar surface area (TPSA) is 32.3 Å². The summed E-state index contributed by atoms with van der Waals surface area (Å²) in [6, 6.07) is 0. The molecule has 1 saturated carbocycles. The monoisotopic (exact) mass is 185 g/mol. The average Bonchev–Trinajstić information content (AvgIpc) is 2.86. The van der Waals surface area contributed by atoms with E-state index in [1.165, 1.54) is 24.8 Å². The van der Waals surface area contributed by atoms with Gasteiger partial charge < -0.3 is 5.11 Å². The quantitative estimate of drug-likeness (QED) is 0.375. The molecular weight excluding hydrogens is 170 g/mol. The second-order valence-electron chi connectivity index (χ2n) is 2.94. The molecule has 0 unspecified atom stereocenters. The molecule has 0 heterocycles. The van der Waals surface area contributed by atoms with Crippen LogP contribution in [0.5, 0.6) is 0 Å². The van der Waals surface area contributed by atoms with E-state index in [-0.39, 0.29) is 6.61 Å². The molecule has 0 atom stereocenters. The second kappa shape index (κ2) is 4.70. The summed E-state index contributed by atoms with van der Waals surface area (Å²) in [6.45, 7) is 8.64. The molecule has 0 radical (unpaired) electrons. The molecule has 68 valence electrons. The average molecular weight is 185 g/mol. The summed E-state index contributed by atoms with van der Waals surface area (Å²) < 4.78 is 3.00. The Balaban J connectivity index is 2.14. The maximum atomic E-state index is 8.51. The van der Waals surface area contributed by atoms with Gasteiger partial charge in [-0.3, -0.25) is 4.72 Å². The van der Waals surface area contributed by atoms with Gasteiger partial charge in [0.15, 0.2) is 0 Å². The van der Waals surface area contributed by atoms with Crippen LogP contribution < -0.4 is 4.72 Å². The molecule has 1 aliphatic carbocycles. The van der Waals surface area contributed by atoms with Gasteiger partial charge in [-0.25, -0.2) is 0 Å². The molecule has 2 nitrogen and oxygen atoms in total. The Hall–Kier alpha value is -0.250. The van der Waals surface area contributed by atoms with Crippen LogP contribution in [-0.2, 0) is 0 Å². The molecule has 1 fully saturated rings. The lowest BCUT2D eigenvalue weighted by molar-refractivity contribution is 0.302. The summed E-state index contributed by atoms with van der Waals surface area (Å²) in [7, 11) is 0. The number of nitrogens with one attached hydrogen (secondary N) is 1. The first-order valence-corrected chi connectivity index (χ1v) is 4.96. The zero-order chi connectivity index (χ0) is 8.97. The van der Waals surface area contributed by atoms with Gasteiger partial charge in [-0.2, -0.15) is 0 Å². The van der Waals surface area contributed by atoms with Crippen LogP contribution >= 0.6 is 11.9 Å². The summed E-state index contributed by atoms with van der Waals surface area (Å²) in [6.07, 6.45) is 2.52. The SMILES string of the molecule is C=C(SNCCO)C(=C)C1CC1. The van der Waals surface area contributed by atoms with E-state index in [1.54, 1.807) is 0 Å². The Bertz CT molecular complexity index is 187. The Morgan fingerprint density at radius 3 is 2.67 bits per heavy atom. The lowest BCUT2D eigenvalue weighted by Gasteiger charge is -2.07. The van der Waals surface area contributed by atoms with E-state index in [0.29, 0.717) is 12.5 Å². The summed E-state index contributed by atoms with van der Waals surface area (Å²) in [4.78, 5) is 1.01. The Kier molecular flexibility index (Phi) is 3.85. The van der Waals surface area contributed by atoms with E-state index >= 15 is 0 Å². The Labute approximate surface area is 77.9 Å². The molecule has 1 aliphatic rings. The molecular formula is C9H15NOS. The van der Waals surface area contributed by atoms with Crippen molar-refractivity contribution in [3.05, 3.63) is 23.6 Å². The first-order chi connectivity index (χ1) is 5.75. The van der Waals surface area contributed by atoms with Gasteiger partial charge in [-0.15, -0.1) is 0 Å². The smallest absolute Gasteiger partial charge is 0.0565 e. The van der Waals surface area contributed by atoms with Gasteiger partial charge in [0.05, 0.1) is 6.61 Å². The van der Waals surface area contributed by atoms with E-state index < -0.39 is 0 Å². The fourth-order valence-corrected chi connectivity index (χ4v) is 1.57. The van der Waals surface area contributed by atoms with E-state index in [9.17, 15) is 0 Å². The minimum absolute atomic E-state index is 0.163. The predicted molar refractivity (Wildman–Crippen MR) is 53.7 cm³/mol. The molecule has 0 bridgehead atoms. The predicted octanol–water partition coefficient (Wildman–Crippen LogP) is 1.70. The van der Waals surface area contributed by atoms with Crippen molar-refractivity contribution in [1.82, 2.24) is 4.72 Å². The highest BCUT2D eigenvalue weighted by Crippen LogP contribution is 2.40. The number of aliphatic hydroxyl groups excluding tert-OH is 1. The van der Waals surface area contributed by atoms with Gasteiger partial charge in [0.25, 0.3) is 0 Å². The molecule has 12 heavy (non-hydrogen) atoms. The molecule has 0 saturated heterocycles. The van der Waals surface area contributed by atoms with E-state index in [2.05, 4.69) is 17.9 Å². The number of hydrogen-bond acceptors (Lipinski definition) is 3. The normalized spacial score (nSPS) is 16.1. The highest BCUT2D eigenvalue weighted by Gasteiger charge is 2.25. The van der Waals surface area contributed by atoms with Gasteiger partial charge in [0.1, 0.15) is 0 Å². The molecule has 0 spiro atoms. The first-order valence-electron chi connectivity index (χ1n) is 4.14. The molecule has 0 aromatic carbocycles. The third-order valence-corrected chi connectivity index (χ3v) is 2.69. The summed E-state index contributed by atoms with van der Waals surface area (Å²) in [5, 5.41) is 8.51. The maximum absolute atomic E-state index is 8.51. The number of aliphatic hydroxyl groups is 1. The van der Waals surface area contributed by atoms with E-state index in [4.69, 9.17) is 5.11 Å². The van der Waals surface area contributed by atoms with Crippen LogP contribution in [0, 0.1) is 5.92 Å². The Morgan fingerprint density at radius 1 is 1.50 bits per heavy atom. The maximum Gasteiger partial charge on any atom is 0.0565 e. The minimum atomic E-state index is 0.163. The van der Waals surface area contributed by atoms with Gasteiger partial charge in [-0.05, 0) is 36.3 Å². The minimum Gasteiger partial charge on any atom is -0.395 e. The van der Waals surface area contributed by atoms with Crippen LogP contribution in [0.4, 0.5) is 0 Å². The lowest BCUT2D eigenvalue weighted by Crippen LogP contribution is -2.09. The number of rotatable bonds is 6. The number of allylic oxidation sites excluding steroid dienone is 1. The molecule has 0 aliphatic heterocycles. The zero-order valence-corrected chi connectivity index (χ0v) is 7.99. The van der Waals surface area contributed by atoms with Crippen molar-refractivity contribution in [2.45, 2.75) is 12.8 Å². The van der Waals surface area contributed by atoms with Gasteiger partial charge >= 0.3 is 0 Å². The number of hydrogen-bond donors (Lipinski definition) is 2. The van der Waals surface area contributed by atoms with Crippen molar-refractivity contribution in [2.75, 3.05) is 13.2 Å². The van der Waals surface area contributed by atoms with Crippen molar-refractivity contribution in [3.8, 4) is 0 Å². The van der Waals surface area contributed by atoms with Crippen LogP contribution in [0.3, 0.4) is 0 Å². The van der Waals surface area contributed by atoms with Gasteiger partial charge in [0.2, 0.25) is 0 Å². The summed E-state index contributed by atoms with van der Waals surface area (Å²) in [5.74, 6) is 0.681. The lowest BCUT2D eigenvalue weighted by atomic mass is 10.2. The van der Waals surface area contributed by atoms with Crippen molar-refractivity contribution in [3.63, 3.8) is 0 Å². The largest absolute Gasteiger partial charge is 0.395 e. The van der Waals surface area contributed by atoms with Crippen molar-refractivity contribution in [2.24, 2.45) is 5.92 Å². The first kappa shape index (κ1) is 9.84. The highest BCUT2D eigenvalue weighted by molar-refractivity contribution is 8.01. The van der Waals surface area contributed by atoms with Crippen LogP contribution in [-0.4, -0.2) is 18.3 Å². The van der Waals surface area contributed by atoms with Crippen molar-refractivity contribution in [1.29, 1.82) is 0 Å². The van der Waals surface area contributed by atoms with Crippen molar-refractivity contribution < 1.29 is 5.11 Å². The van der Waals surface area contributed by atoms with Gasteiger partial charge in [0, 0.05) is 11.4 Å². The molecule has 1 rings (SSSR count). The third-order valence-electron chi connectivity index (χ3n) is 1.84. The second-order valence-corrected chi connectivity index (χ2v) is 3.93. The van der Waals surface area contributed by atoms with E-state index in [1.807, 2.05) is 0 Å². The zero-order valence-electron chi connectivity index (χ0n) is 7.18. The summed E-state index contributed by atoms with van der Waals surface area (Å²) >= 11 is 1.47. The Morgan fingerprint density at radius 2 is 2.17 bits per heavy atom. The van der Waals surface area contributed by atoms with Crippen LogP contribution in [0.15, 0.2) is 23.6 Å². The molecule has 0 aromatic heterocycles. The van der Waals surface area contributed by atoms with Crippen molar-refractivity contribution >= 4 is 11.9 Å².